The summed E-state index contributed by atoms with van der Waals surface area (Å²) >= 11 is 0. The lowest BCUT2D eigenvalue weighted by Gasteiger charge is -2.18. The molecule has 0 atom stereocenters. The van der Waals surface area contributed by atoms with E-state index in [2.05, 4.69) is 20.6 Å². The van der Waals surface area contributed by atoms with Crippen LogP contribution in [0, 0.1) is 13.8 Å². The van der Waals surface area contributed by atoms with Crippen LogP contribution >= 0.6 is 0 Å². The van der Waals surface area contributed by atoms with Gasteiger partial charge in [0.05, 0.1) is 23.8 Å². The van der Waals surface area contributed by atoms with Crippen LogP contribution in [0.5, 0.6) is 0 Å². The number of carbonyl (C=O) groups excluding carboxylic acids is 1. The van der Waals surface area contributed by atoms with Gasteiger partial charge in [0.2, 0.25) is 5.78 Å². The van der Waals surface area contributed by atoms with Crippen LogP contribution in [-0.2, 0) is 0 Å². The molecule has 0 saturated carbocycles. The maximum absolute atomic E-state index is 12.8. The second kappa shape index (κ2) is 5.86. The second-order valence-corrected chi connectivity index (χ2v) is 5.62. The third-order valence-corrected chi connectivity index (χ3v) is 3.96. The van der Waals surface area contributed by atoms with Crippen LogP contribution in [0.4, 0.5) is 11.4 Å². The zero-order valence-electron chi connectivity index (χ0n) is 13.6. The Kier molecular flexibility index (Phi) is 3.53. The summed E-state index contributed by atoms with van der Waals surface area (Å²) in [4.78, 5) is 17.4. The van der Waals surface area contributed by atoms with Crippen LogP contribution in [0.1, 0.15) is 27.4 Å². The molecule has 3 aromatic rings. The van der Waals surface area contributed by atoms with E-state index >= 15 is 0 Å². The number of nitrogens with zero attached hydrogens (tertiary/aromatic N) is 3. The topological polar surface area (TPSA) is 93.5 Å². The molecule has 124 valence electrons. The van der Waals surface area contributed by atoms with E-state index in [1.165, 1.54) is 6.20 Å². The predicted octanol–water partition coefficient (Wildman–Crippen LogP) is 3.59. The molecular weight excluding hydrogens is 320 g/mol. The summed E-state index contributed by atoms with van der Waals surface area (Å²) in [5.74, 6) is 1.10. The third-order valence-electron chi connectivity index (χ3n) is 3.96. The van der Waals surface area contributed by atoms with Crippen molar-refractivity contribution in [2.75, 3.05) is 5.32 Å². The highest BCUT2D eigenvalue weighted by atomic mass is 16.5. The number of aliphatic imine (C=N–C) groups is 1. The fourth-order valence-corrected chi connectivity index (χ4v) is 2.61. The molecule has 0 amide bonds. The van der Waals surface area contributed by atoms with Crippen molar-refractivity contribution in [3.63, 3.8) is 0 Å². The van der Waals surface area contributed by atoms with Crippen molar-refractivity contribution >= 4 is 22.9 Å². The van der Waals surface area contributed by atoms with Gasteiger partial charge in [0.1, 0.15) is 11.4 Å². The summed E-state index contributed by atoms with van der Waals surface area (Å²) < 4.78 is 10.1. The molecule has 0 radical (unpaired) electrons. The van der Waals surface area contributed by atoms with Gasteiger partial charge in [-0.3, -0.25) is 4.79 Å². The van der Waals surface area contributed by atoms with E-state index in [0.717, 1.165) is 5.56 Å². The van der Waals surface area contributed by atoms with Crippen molar-refractivity contribution in [1.29, 1.82) is 0 Å². The average molecular weight is 334 g/mol. The molecule has 4 rings (SSSR count). The number of Topliss-reactive ketones (excluding diaryl/α,β-unsaturated/α-hetero) is 1. The van der Waals surface area contributed by atoms with Gasteiger partial charge in [0.25, 0.3) is 0 Å². The summed E-state index contributed by atoms with van der Waals surface area (Å²) in [5.41, 5.74) is 3.65. The van der Waals surface area contributed by atoms with E-state index in [1.54, 1.807) is 32.2 Å². The summed E-state index contributed by atoms with van der Waals surface area (Å²) in [7, 11) is 0. The molecule has 1 N–H and O–H groups in total. The van der Waals surface area contributed by atoms with Crippen molar-refractivity contribution in [3.8, 4) is 0 Å². The number of ketones is 1. The minimum Gasteiger partial charge on any atom is -0.359 e. The number of carbonyl (C=O) groups is 1. The fourth-order valence-electron chi connectivity index (χ4n) is 2.61. The molecule has 1 aliphatic rings. The number of aryl methyl sites for hydroxylation is 2. The predicted molar refractivity (Wildman–Crippen MR) is 91.2 cm³/mol. The van der Waals surface area contributed by atoms with Crippen LogP contribution < -0.4 is 5.32 Å². The van der Waals surface area contributed by atoms with E-state index in [4.69, 9.17) is 9.05 Å². The quantitative estimate of drug-likeness (QED) is 0.786. The lowest BCUT2D eigenvalue weighted by atomic mass is 9.92. The highest BCUT2D eigenvalue weighted by Gasteiger charge is 2.25. The molecule has 2 aromatic heterocycles. The molecular formula is C18H14N4O3. The number of nitrogens with one attached hydrogen (secondary N) is 1. The van der Waals surface area contributed by atoms with Crippen LogP contribution in [0.3, 0.4) is 0 Å². The Balaban J connectivity index is 1.83. The minimum atomic E-state index is -0.114. The fraction of sp³-hybridized carbons (Fsp3) is 0.111. The van der Waals surface area contributed by atoms with Crippen molar-refractivity contribution in [2.45, 2.75) is 13.8 Å². The first-order valence-electron chi connectivity index (χ1n) is 7.67. The summed E-state index contributed by atoms with van der Waals surface area (Å²) in [5, 5.41) is 10.5. The molecule has 7 nitrogen and oxygen atoms in total. The van der Waals surface area contributed by atoms with Crippen LogP contribution in [0.25, 0.3) is 0 Å². The largest absolute Gasteiger partial charge is 0.359 e. The van der Waals surface area contributed by atoms with Gasteiger partial charge in [-0.05, 0) is 19.9 Å². The van der Waals surface area contributed by atoms with E-state index in [-0.39, 0.29) is 5.78 Å². The maximum atomic E-state index is 12.8. The lowest BCUT2D eigenvalue weighted by Crippen LogP contribution is -2.22. The van der Waals surface area contributed by atoms with Gasteiger partial charge in [-0.25, -0.2) is 4.99 Å². The summed E-state index contributed by atoms with van der Waals surface area (Å²) in [6.45, 7) is 3.56. The standard InChI is InChI=1S/C18H14N4O3/c1-10-16(8-19-24-10)21-14-7-15(22-17-9-20-25-11(17)2)18(23)13-6-4-3-5-12(13)14/h3-9,22H,1-2H3. The summed E-state index contributed by atoms with van der Waals surface area (Å²) in [6, 6.07) is 7.35. The molecule has 0 spiro atoms. The number of allylic oxidation sites excluding steroid dienone is 2. The van der Waals surface area contributed by atoms with E-state index in [0.29, 0.717) is 39.9 Å². The Morgan fingerprint density at radius 3 is 2.40 bits per heavy atom. The van der Waals surface area contributed by atoms with Gasteiger partial charge in [-0.1, -0.05) is 34.6 Å². The smallest absolute Gasteiger partial charge is 0.209 e. The number of fused-ring (bicyclic) bond motifs is 1. The first-order chi connectivity index (χ1) is 12.1. The van der Waals surface area contributed by atoms with Gasteiger partial charge in [-0.2, -0.15) is 0 Å². The Labute approximate surface area is 143 Å². The Morgan fingerprint density at radius 2 is 1.72 bits per heavy atom. The van der Waals surface area contributed by atoms with Crippen LogP contribution in [-0.4, -0.2) is 21.8 Å². The SMILES string of the molecule is Cc1oncc1N=C1C=C(Nc2cnoc2C)C(=O)c2ccccc21. The van der Waals surface area contributed by atoms with Gasteiger partial charge in [0, 0.05) is 11.1 Å². The summed E-state index contributed by atoms with van der Waals surface area (Å²) in [6.07, 6.45) is 4.79. The number of aromatic nitrogens is 2. The average Bonchev–Trinajstić information content (AvgIpc) is 3.21. The first kappa shape index (κ1) is 15.1. The second-order valence-electron chi connectivity index (χ2n) is 5.62. The van der Waals surface area contributed by atoms with E-state index < -0.39 is 0 Å². The zero-order valence-corrected chi connectivity index (χ0v) is 13.6. The molecule has 1 aromatic carbocycles. The third kappa shape index (κ3) is 2.65. The number of hydrogen-bond acceptors (Lipinski definition) is 7. The van der Waals surface area contributed by atoms with Crippen molar-refractivity contribution in [1.82, 2.24) is 10.3 Å². The number of benzene rings is 1. The number of rotatable bonds is 3. The lowest BCUT2D eigenvalue weighted by molar-refractivity contribution is 0.103. The van der Waals surface area contributed by atoms with Crippen molar-refractivity contribution < 1.29 is 13.8 Å². The van der Waals surface area contributed by atoms with Crippen LogP contribution in [0.2, 0.25) is 0 Å². The highest BCUT2D eigenvalue weighted by molar-refractivity contribution is 6.27. The zero-order chi connectivity index (χ0) is 17.4. The van der Waals surface area contributed by atoms with Crippen LogP contribution in [0.15, 0.2) is 62.5 Å². The first-order valence-corrected chi connectivity index (χ1v) is 7.67. The molecule has 0 saturated heterocycles. The molecule has 0 bridgehead atoms. The van der Waals surface area contributed by atoms with Gasteiger partial charge < -0.3 is 14.4 Å². The molecule has 7 heteroatoms. The molecule has 25 heavy (non-hydrogen) atoms. The normalized spacial score (nSPS) is 15.2. The molecule has 0 aliphatic heterocycles. The monoisotopic (exact) mass is 334 g/mol. The molecule has 2 heterocycles. The minimum absolute atomic E-state index is 0.114. The van der Waals surface area contributed by atoms with Crippen molar-refractivity contribution in [3.05, 3.63) is 71.1 Å². The highest BCUT2D eigenvalue weighted by Crippen LogP contribution is 2.27. The van der Waals surface area contributed by atoms with Gasteiger partial charge >= 0.3 is 0 Å². The maximum Gasteiger partial charge on any atom is 0.209 e. The molecule has 1 aliphatic carbocycles. The number of anilines is 1. The van der Waals surface area contributed by atoms with Gasteiger partial charge in [-0.15, -0.1) is 0 Å². The number of hydrogen-bond donors (Lipinski definition) is 1. The van der Waals surface area contributed by atoms with Crippen molar-refractivity contribution in [2.24, 2.45) is 4.99 Å². The van der Waals surface area contributed by atoms with E-state index in [1.807, 2.05) is 18.2 Å². The molecule has 0 fully saturated rings. The van der Waals surface area contributed by atoms with Gasteiger partial charge in [0.15, 0.2) is 11.5 Å². The Bertz CT molecular complexity index is 1030. The molecule has 0 unspecified atom stereocenters. The Hall–Kier alpha value is -3.48. The Morgan fingerprint density at radius 1 is 1.00 bits per heavy atom. The van der Waals surface area contributed by atoms with E-state index in [9.17, 15) is 4.79 Å².